The molecule has 0 aliphatic heterocycles. The largest absolute Gasteiger partial charge is 0.573 e. The molecule has 0 aliphatic rings. The zero-order valence-corrected chi connectivity index (χ0v) is 8.80. The van der Waals surface area contributed by atoms with Gasteiger partial charge in [0.25, 0.3) is 0 Å². The van der Waals surface area contributed by atoms with Crippen molar-refractivity contribution >= 4 is 28.9 Å². The summed E-state index contributed by atoms with van der Waals surface area (Å²) < 4.78 is 45.2. The first-order valence-electron chi connectivity index (χ1n) is 4.34. The summed E-state index contributed by atoms with van der Waals surface area (Å²) in [7, 11) is 0. The van der Waals surface area contributed by atoms with Gasteiger partial charge in [-0.05, 0) is 12.1 Å². The van der Waals surface area contributed by atoms with Crippen LogP contribution in [0.4, 0.5) is 13.2 Å². The molecular formula is C10H4ClF3O3. The molecule has 0 bridgehead atoms. The van der Waals surface area contributed by atoms with Crippen LogP contribution in [0.15, 0.2) is 22.6 Å². The van der Waals surface area contributed by atoms with Gasteiger partial charge in [0.1, 0.15) is 5.58 Å². The van der Waals surface area contributed by atoms with Crippen molar-refractivity contribution in [3.63, 3.8) is 0 Å². The van der Waals surface area contributed by atoms with E-state index < -0.39 is 17.9 Å². The van der Waals surface area contributed by atoms with E-state index in [1.54, 1.807) is 0 Å². The lowest BCUT2D eigenvalue weighted by atomic mass is 10.2. The second-order valence-corrected chi connectivity index (χ2v) is 3.48. The molecule has 7 heteroatoms. The molecule has 0 aliphatic carbocycles. The Morgan fingerprint density at radius 3 is 2.65 bits per heavy atom. The second-order valence-electron chi connectivity index (χ2n) is 3.07. The molecule has 0 saturated carbocycles. The van der Waals surface area contributed by atoms with Crippen molar-refractivity contribution in [2.24, 2.45) is 0 Å². The minimum atomic E-state index is -4.92. The molecule has 1 heterocycles. The van der Waals surface area contributed by atoms with Crippen LogP contribution in [-0.2, 0) is 0 Å². The summed E-state index contributed by atoms with van der Waals surface area (Å²) in [6.45, 7) is 0. The minimum Gasteiger partial charge on any atom is -0.449 e. The Hall–Kier alpha value is -1.69. The summed E-state index contributed by atoms with van der Waals surface area (Å²) in [5, 5.41) is -0.0628. The van der Waals surface area contributed by atoms with Crippen molar-refractivity contribution in [2.45, 2.75) is 6.36 Å². The smallest absolute Gasteiger partial charge is 0.449 e. The molecule has 3 nitrogen and oxygen atoms in total. The number of hydrogen-bond donors (Lipinski definition) is 0. The second kappa shape index (κ2) is 3.96. The maximum atomic E-state index is 12.2. The summed E-state index contributed by atoms with van der Waals surface area (Å²) in [6.07, 6.45) is -4.79. The van der Waals surface area contributed by atoms with Gasteiger partial charge in [-0.15, -0.1) is 13.2 Å². The average molecular weight is 265 g/mol. The molecule has 1 aromatic carbocycles. The van der Waals surface area contributed by atoms with Gasteiger partial charge in [-0.3, -0.25) is 4.79 Å². The standard InChI is InChI=1S/C10H4ClF3O3/c11-5-2-1-3-6-8(5)9(7(4-15)16-6)17-10(12,13)14/h1-4H. The quantitative estimate of drug-likeness (QED) is 0.775. The summed E-state index contributed by atoms with van der Waals surface area (Å²) >= 11 is 5.74. The monoisotopic (exact) mass is 264 g/mol. The molecule has 0 spiro atoms. The Morgan fingerprint density at radius 2 is 2.06 bits per heavy atom. The lowest BCUT2D eigenvalue weighted by molar-refractivity contribution is -0.274. The first kappa shape index (κ1) is 11.8. The molecule has 0 amide bonds. The molecule has 2 aromatic rings. The zero-order chi connectivity index (χ0) is 12.6. The number of alkyl halides is 3. The minimum absolute atomic E-state index is 0.0126. The Balaban J connectivity index is 2.69. The molecule has 0 N–H and O–H groups in total. The van der Waals surface area contributed by atoms with Crippen LogP contribution in [0.1, 0.15) is 10.6 Å². The van der Waals surface area contributed by atoms with Gasteiger partial charge in [0, 0.05) is 0 Å². The molecule has 0 unspecified atom stereocenters. The van der Waals surface area contributed by atoms with Crippen LogP contribution in [0.2, 0.25) is 5.02 Å². The highest BCUT2D eigenvalue weighted by Gasteiger charge is 2.35. The predicted octanol–water partition coefficient (Wildman–Crippen LogP) is 3.80. The summed E-state index contributed by atoms with van der Waals surface area (Å²) in [4.78, 5) is 10.6. The number of carbonyl (C=O) groups is 1. The molecule has 2 rings (SSSR count). The van der Waals surface area contributed by atoms with E-state index in [-0.39, 0.29) is 22.3 Å². The maximum absolute atomic E-state index is 12.2. The van der Waals surface area contributed by atoms with Crippen molar-refractivity contribution in [1.29, 1.82) is 0 Å². The van der Waals surface area contributed by atoms with E-state index >= 15 is 0 Å². The summed E-state index contributed by atoms with van der Waals surface area (Å²) in [5.41, 5.74) is 0.0545. The van der Waals surface area contributed by atoms with Crippen LogP contribution >= 0.6 is 11.6 Å². The van der Waals surface area contributed by atoms with E-state index in [4.69, 9.17) is 16.0 Å². The van der Waals surface area contributed by atoms with Gasteiger partial charge in [0.05, 0.1) is 10.4 Å². The van der Waals surface area contributed by atoms with Crippen molar-refractivity contribution in [2.75, 3.05) is 0 Å². The van der Waals surface area contributed by atoms with Gasteiger partial charge in [-0.1, -0.05) is 17.7 Å². The molecule has 0 radical (unpaired) electrons. The fourth-order valence-electron chi connectivity index (χ4n) is 1.39. The van der Waals surface area contributed by atoms with E-state index in [1.807, 2.05) is 0 Å². The summed E-state index contributed by atoms with van der Waals surface area (Å²) in [6, 6.07) is 4.24. The molecular weight excluding hydrogens is 261 g/mol. The predicted molar refractivity (Wildman–Crippen MR) is 53.3 cm³/mol. The SMILES string of the molecule is O=Cc1oc2cccc(Cl)c2c1OC(F)(F)F. The van der Waals surface area contributed by atoms with Crippen molar-refractivity contribution < 1.29 is 27.1 Å². The average Bonchev–Trinajstić information content (AvgIpc) is 2.55. The van der Waals surface area contributed by atoms with Crippen LogP contribution in [0.3, 0.4) is 0 Å². The highest BCUT2D eigenvalue weighted by atomic mass is 35.5. The fraction of sp³-hybridized carbons (Fsp3) is 0.100. The van der Waals surface area contributed by atoms with E-state index in [0.717, 1.165) is 0 Å². The third kappa shape index (κ3) is 2.21. The Morgan fingerprint density at radius 1 is 1.35 bits per heavy atom. The van der Waals surface area contributed by atoms with Crippen molar-refractivity contribution in [1.82, 2.24) is 0 Å². The van der Waals surface area contributed by atoms with Gasteiger partial charge < -0.3 is 9.15 Å². The Labute approximate surface area is 97.7 Å². The molecule has 0 atom stereocenters. The van der Waals surface area contributed by atoms with Crippen LogP contribution < -0.4 is 4.74 Å². The van der Waals surface area contributed by atoms with E-state index in [0.29, 0.717) is 0 Å². The Bertz CT molecular complexity index is 574. The topological polar surface area (TPSA) is 39.4 Å². The van der Waals surface area contributed by atoms with Gasteiger partial charge in [0.2, 0.25) is 5.76 Å². The van der Waals surface area contributed by atoms with Crippen molar-refractivity contribution in [3.8, 4) is 5.75 Å². The summed E-state index contributed by atoms with van der Waals surface area (Å²) in [5.74, 6) is -1.27. The van der Waals surface area contributed by atoms with Crippen LogP contribution in [0.25, 0.3) is 11.0 Å². The highest BCUT2D eigenvalue weighted by molar-refractivity contribution is 6.36. The first-order chi connectivity index (χ1) is 7.92. The number of halogens is 4. The van der Waals surface area contributed by atoms with Gasteiger partial charge >= 0.3 is 6.36 Å². The third-order valence-corrected chi connectivity index (χ3v) is 2.29. The van der Waals surface area contributed by atoms with Crippen LogP contribution in [0, 0.1) is 0 Å². The number of carbonyl (C=O) groups excluding carboxylic acids is 1. The molecule has 90 valence electrons. The number of ether oxygens (including phenoxy) is 1. The van der Waals surface area contributed by atoms with Gasteiger partial charge in [-0.25, -0.2) is 0 Å². The number of furan rings is 1. The number of hydrogen-bond acceptors (Lipinski definition) is 3. The molecule has 1 aromatic heterocycles. The lowest BCUT2D eigenvalue weighted by Gasteiger charge is -2.07. The van der Waals surface area contributed by atoms with Crippen molar-refractivity contribution in [3.05, 3.63) is 29.0 Å². The number of rotatable bonds is 2. The number of fused-ring (bicyclic) bond motifs is 1. The number of aldehydes is 1. The zero-order valence-electron chi connectivity index (χ0n) is 8.05. The lowest BCUT2D eigenvalue weighted by Crippen LogP contribution is -2.17. The third-order valence-electron chi connectivity index (χ3n) is 1.97. The Kier molecular flexibility index (Phi) is 2.74. The number of benzene rings is 1. The fourth-order valence-corrected chi connectivity index (χ4v) is 1.64. The van der Waals surface area contributed by atoms with Crippen LogP contribution in [0.5, 0.6) is 5.75 Å². The normalized spacial score (nSPS) is 11.8. The highest BCUT2D eigenvalue weighted by Crippen LogP contribution is 2.39. The van der Waals surface area contributed by atoms with Crippen LogP contribution in [-0.4, -0.2) is 12.6 Å². The van der Waals surface area contributed by atoms with Gasteiger partial charge in [-0.2, -0.15) is 0 Å². The van der Waals surface area contributed by atoms with E-state index in [2.05, 4.69) is 4.74 Å². The maximum Gasteiger partial charge on any atom is 0.573 e. The molecule has 0 fully saturated rings. The first-order valence-corrected chi connectivity index (χ1v) is 4.72. The van der Waals surface area contributed by atoms with E-state index in [1.165, 1.54) is 18.2 Å². The van der Waals surface area contributed by atoms with E-state index in [9.17, 15) is 18.0 Å². The molecule has 0 saturated heterocycles. The molecule has 17 heavy (non-hydrogen) atoms. The van der Waals surface area contributed by atoms with Gasteiger partial charge in [0.15, 0.2) is 12.0 Å².